The number of aliphatic hydroxyl groups is 1. The van der Waals surface area contributed by atoms with Gasteiger partial charge in [0.1, 0.15) is 34.8 Å². The summed E-state index contributed by atoms with van der Waals surface area (Å²) in [7, 11) is 1.28. The molecule has 0 saturated carbocycles. The van der Waals surface area contributed by atoms with Crippen molar-refractivity contribution in [1.82, 2.24) is 15.3 Å². The molecule has 4 aromatic rings. The van der Waals surface area contributed by atoms with Crippen LogP contribution in [0.2, 0.25) is 0 Å². The van der Waals surface area contributed by atoms with Gasteiger partial charge >= 0.3 is 6.18 Å². The maximum Gasteiger partial charge on any atom is 0.424 e. The molecule has 0 saturated heterocycles. The summed E-state index contributed by atoms with van der Waals surface area (Å²) in [5, 5.41) is 13.2. The molecule has 1 unspecified atom stereocenters. The first-order valence-corrected chi connectivity index (χ1v) is 12.2. The van der Waals surface area contributed by atoms with Gasteiger partial charge in [0.15, 0.2) is 11.3 Å². The molecule has 1 aliphatic heterocycles. The number of oxazole rings is 1. The zero-order valence-corrected chi connectivity index (χ0v) is 22.0. The Labute approximate surface area is 234 Å². The number of benzene rings is 2. The molecule has 2 aromatic heterocycles. The van der Waals surface area contributed by atoms with Crippen LogP contribution in [0.5, 0.6) is 11.5 Å². The number of halogens is 4. The topological polar surface area (TPSA) is 176 Å². The predicted octanol–water partition coefficient (Wildman–Crippen LogP) is 2.93. The lowest BCUT2D eigenvalue weighted by atomic mass is 9.81. The summed E-state index contributed by atoms with van der Waals surface area (Å²) in [6, 6.07) is 7.68. The number of fused-ring (bicyclic) bond motifs is 2. The summed E-state index contributed by atoms with van der Waals surface area (Å²) in [5.74, 6) is -2.54. The van der Waals surface area contributed by atoms with E-state index in [1.165, 1.54) is 38.3 Å². The molecule has 0 fully saturated rings. The van der Waals surface area contributed by atoms with Crippen molar-refractivity contribution in [1.29, 1.82) is 0 Å². The lowest BCUT2D eigenvalue weighted by Crippen LogP contribution is -2.51. The minimum atomic E-state index is -5.38. The number of carbonyl (C=O) groups is 2. The summed E-state index contributed by atoms with van der Waals surface area (Å²) >= 11 is 0. The highest BCUT2D eigenvalue weighted by Crippen LogP contribution is 2.47. The molecule has 220 valence electrons. The average molecular weight is 590 g/mol. The van der Waals surface area contributed by atoms with Crippen molar-refractivity contribution in [2.45, 2.75) is 24.1 Å². The SMILES string of the molecule is COc1cc(C(=O)NCC(O)(c2cc3c(c(-c4ccc(F)cc4)n2)OC[C@]3(C)C(N)=O)C(F)(F)F)cc2nc(N)oc12. The van der Waals surface area contributed by atoms with Gasteiger partial charge in [-0.1, -0.05) is 0 Å². The molecule has 3 heterocycles. The minimum absolute atomic E-state index is 0.0444. The molecule has 0 radical (unpaired) electrons. The number of carbonyl (C=O) groups excluding carboxylic acids is 2. The molecule has 42 heavy (non-hydrogen) atoms. The van der Waals surface area contributed by atoms with Crippen LogP contribution in [0.4, 0.5) is 23.6 Å². The number of anilines is 1. The number of ether oxygens (including phenoxy) is 2. The van der Waals surface area contributed by atoms with Gasteiger partial charge in [-0.3, -0.25) is 9.59 Å². The third kappa shape index (κ3) is 4.60. The number of amides is 2. The van der Waals surface area contributed by atoms with E-state index in [9.17, 15) is 32.3 Å². The van der Waals surface area contributed by atoms with E-state index in [0.29, 0.717) is 0 Å². The third-order valence-electron chi connectivity index (χ3n) is 7.09. The highest BCUT2D eigenvalue weighted by molar-refractivity contribution is 5.99. The number of nitrogens with two attached hydrogens (primary N) is 2. The number of rotatable bonds is 7. The molecule has 5 rings (SSSR count). The van der Waals surface area contributed by atoms with E-state index in [-0.39, 0.29) is 57.6 Å². The van der Waals surface area contributed by atoms with Crippen molar-refractivity contribution in [3.8, 4) is 22.8 Å². The fourth-order valence-electron chi connectivity index (χ4n) is 4.55. The summed E-state index contributed by atoms with van der Waals surface area (Å²) < 4.78 is 73.4. The largest absolute Gasteiger partial charge is 0.493 e. The van der Waals surface area contributed by atoms with Gasteiger partial charge in [0.25, 0.3) is 11.9 Å². The standard InChI is InChI=1S/C27H23F4N5O6/c1-25(23(32)38)11-41-20-15(25)9-18(36-19(20)12-3-5-14(28)6-4-12)26(39,27(29,30)31)10-34-22(37)13-7-16-21(17(8-13)40-2)42-24(33)35-16/h3-9,39H,10-11H2,1-2H3,(H2,32,38)(H2,33,35)(H,34,37)/t25-,26?/m0/s1. The van der Waals surface area contributed by atoms with Crippen LogP contribution in [-0.2, 0) is 15.8 Å². The molecule has 0 aliphatic carbocycles. The van der Waals surface area contributed by atoms with Crippen molar-refractivity contribution in [3.63, 3.8) is 0 Å². The van der Waals surface area contributed by atoms with Crippen LogP contribution in [0.1, 0.15) is 28.5 Å². The number of aromatic nitrogens is 2. The lowest BCUT2D eigenvalue weighted by Gasteiger charge is -2.31. The zero-order valence-electron chi connectivity index (χ0n) is 22.0. The highest BCUT2D eigenvalue weighted by Gasteiger charge is 2.57. The molecule has 15 heteroatoms. The second-order valence-electron chi connectivity index (χ2n) is 9.84. The quantitative estimate of drug-likeness (QED) is 0.236. The summed E-state index contributed by atoms with van der Waals surface area (Å²) in [4.78, 5) is 33.3. The van der Waals surface area contributed by atoms with Gasteiger partial charge in [-0.25, -0.2) is 9.37 Å². The molecule has 11 nitrogen and oxygen atoms in total. The molecule has 2 aromatic carbocycles. The van der Waals surface area contributed by atoms with Crippen molar-refractivity contribution >= 4 is 28.9 Å². The second-order valence-corrected chi connectivity index (χ2v) is 9.84. The van der Waals surface area contributed by atoms with E-state index in [1.54, 1.807) is 0 Å². The van der Waals surface area contributed by atoms with Crippen molar-refractivity contribution < 1.29 is 46.1 Å². The monoisotopic (exact) mass is 589 g/mol. The molecule has 1 aliphatic rings. The van der Waals surface area contributed by atoms with Crippen LogP contribution in [0.15, 0.2) is 46.9 Å². The molecule has 6 N–H and O–H groups in total. The van der Waals surface area contributed by atoms with Crippen LogP contribution in [0, 0.1) is 5.82 Å². The Morgan fingerprint density at radius 3 is 2.48 bits per heavy atom. The number of methoxy groups -OCH3 is 1. The van der Waals surface area contributed by atoms with E-state index in [4.69, 9.17) is 25.4 Å². The average Bonchev–Trinajstić information content (AvgIpc) is 3.50. The Morgan fingerprint density at radius 1 is 1.17 bits per heavy atom. The number of primary amides is 1. The van der Waals surface area contributed by atoms with E-state index in [0.717, 1.165) is 18.2 Å². The third-order valence-corrected chi connectivity index (χ3v) is 7.09. The molecule has 0 spiro atoms. The normalized spacial score (nSPS) is 17.8. The summed E-state index contributed by atoms with van der Waals surface area (Å²) in [6.45, 7) is -0.331. The van der Waals surface area contributed by atoms with Crippen molar-refractivity contribution in [2.75, 3.05) is 26.0 Å². The Bertz CT molecular complexity index is 1720. The number of nitrogens with zero attached hydrogens (tertiary/aromatic N) is 2. The fraction of sp³-hybridized carbons (Fsp3) is 0.259. The zero-order chi connectivity index (χ0) is 30.6. The van der Waals surface area contributed by atoms with E-state index >= 15 is 0 Å². The first-order valence-electron chi connectivity index (χ1n) is 12.2. The Balaban J connectivity index is 1.59. The van der Waals surface area contributed by atoms with Gasteiger partial charge in [-0.05, 0) is 49.4 Å². The lowest BCUT2D eigenvalue weighted by molar-refractivity contribution is -0.265. The summed E-state index contributed by atoms with van der Waals surface area (Å²) in [6.07, 6.45) is -5.38. The van der Waals surface area contributed by atoms with Crippen LogP contribution >= 0.6 is 0 Å². The van der Waals surface area contributed by atoms with E-state index < -0.39 is 47.1 Å². The molecule has 0 bridgehead atoms. The first kappa shape index (κ1) is 28.6. The van der Waals surface area contributed by atoms with Gasteiger partial charge in [0.2, 0.25) is 11.5 Å². The van der Waals surface area contributed by atoms with Gasteiger partial charge in [-0.15, -0.1) is 0 Å². The molecular weight excluding hydrogens is 566 g/mol. The Kier molecular flexibility index (Phi) is 6.72. The number of alkyl halides is 3. The maximum absolute atomic E-state index is 14.6. The van der Waals surface area contributed by atoms with Crippen LogP contribution in [0.25, 0.3) is 22.4 Å². The number of nitrogen functional groups attached to an aromatic ring is 1. The van der Waals surface area contributed by atoms with Gasteiger partial charge < -0.3 is 35.8 Å². The van der Waals surface area contributed by atoms with E-state index in [1.807, 2.05) is 0 Å². The highest BCUT2D eigenvalue weighted by atomic mass is 19.4. The van der Waals surface area contributed by atoms with Crippen molar-refractivity contribution in [2.24, 2.45) is 5.73 Å². The van der Waals surface area contributed by atoms with Crippen LogP contribution in [-0.4, -0.2) is 53.3 Å². The number of pyridine rings is 1. The fourth-order valence-corrected chi connectivity index (χ4v) is 4.55. The van der Waals surface area contributed by atoms with Crippen LogP contribution < -0.4 is 26.3 Å². The predicted molar refractivity (Wildman–Crippen MR) is 139 cm³/mol. The summed E-state index contributed by atoms with van der Waals surface area (Å²) in [5.41, 5.74) is 4.77. The number of hydrogen-bond donors (Lipinski definition) is 4. The van der Waals surface area contributed by atoms with E-state index in [2.05, 4.69) is 15.3 Å². The Morgan fingerprint density at radius 2 is 1.86 bits per heavy atom. The van der Waals surface area contributed by atoms with Crippen LogP contribution in [0.3, 0.4) is 0 Å². The second kappa shape index (κ2) is 9.87. The van der Waals surface area contributed by atoms with Gasteiger partial charge in [0, 0.05) is 16.7 Å². The Hall–Kier alpha value is -4.92. The molecular formula is C27H23F4N5O6. The maximum atomic E-state index is 14.6. The van der Waals surface area contributed by atoms with Gasteiger partial charge in [-0.2, -0.15) is 18.2 Å². The number of hydrogen-bond acceptors (Lipinski definition) is 9. The smallest absolute Gasteiger partial charge is 0.424 e. The first-order chi connectivity index (χ1) is 19.7. The van der Waals surface area contributed by atoms with Gasteiger partial charge in [0.05, 0.1) is 19.3 Å². The molecule has 2 atom stereocenters. The van der Waals surface area contributed by atoms with Crippen molar-refractivity contribution in [3.05, 3.63) is 65.1 Å². The number of nitrogens with one attached hydrogen (secondary N) is 1. The minimum Gasteiger partial charge on any atom is -0.493 e. The molecule has 2 amide bonds.